The molecule has 0 spiro atoms. The highest BCUT2D eigenvalue weighted by Crippen LogP contribution is 2.29. The van der Waals surface area contributed by atoms with Gasteiger partial charge in [0.1, 0.15) is 22.2 Å². The summed E-state index contributed by atoms with van der Waals surface area (Å²) in [5.41, 5.74) is 2.36. The summed E-state index contributed by atoms with van der Waals surface area (Å²) in [6, 6.07) is 12.5. The molecule has 0 radical (unpaired) electrons. The van der Waals surface area contributed by atoms with Gasteiger partial charge in [0.15, 0.2) is 5.76 Å². The number of thiophene rings is 1. The van der Waals surface area contributed by atoms with Crippen molar-refractivity contribution >= 4 is 39.6 Å². The first-order chi connectivity index (χ1) is 15.0. The van der Waals surface area contributed by atoms with E-state index in [0.29, 0.717) is 15.6 Å². The number of carbonyl (C=O) groups excluding carboxylic acids is 2. The molecule has 0 aliphatic carbocycles. The number of rotatable bonds is 7. The Balaban J connectivity index is 1.37. The van der Waals surface area contributed by atoms with Crippen LogP contribution >= 0.6 is 22.7 Å². The van der Waals surface area contributed by atoms with Crippen molar-refractivity contribution in [3.8, 4) is 16.3 Å². The SMILES string of the molecule is COc1ccc(-c2nc(COC(=O)c3sc(NC(=O)c4ccco4)cc3C)cs2)cc1. The second-order valence-corrected chi connectivity index (χ2v) is 8.41. The third-order valence-electron chi connectivity index (χ3n) is 4.32. The zero-order valence-electron chi connectivity index (χ0n) is 16.7. The average Bonchev–Trinajstić information content (AvgIpc) is 3.53. The number of methoxy groups -OCH3 is 1. The monoisotopic (exact) mass is 454 g/mol. The predicted octanol–water partition coefficient (Wildman–Crippen LogP) is 5.39. The van der Waals surface area contributed by atoms with Crippen molar-refractivity contribution in [2.24, 2.45) is 0 Å². The van der Waals surface area contributed by atoms with Crippen LogP contribution in [-0.4, -0.2) is 24.0 Å². The normalized spacial score (nSPS) is 10.6. The van der Waals surface area contributed by atoms with Crippen molar-refractivity contribution in [1.82, 2.24) is 4.98 Å². The van der Waals surface area contributed by atoms with Crippen LogP contribution in [0.1, 0.15) is 31.5 Å². The van der Waals surface area contributed by atoms with Crippen LogP contribution in [0.25, 0.3) is 10.6 Å². The Hall–Kier alpha value is -3.43. The number of ether oxygens (including phenoxy) is 2. The molecule has 3 aromatic heterocycles. The van der Waals surface area contributed by atoms with Gasteiger partial charge in [-0.15, -0.1) is 22.7 Å². The van der Waals surface area contributed by atoms with Crippen LogP contribution in [-0.2, 0) is 11.3 Å². The summed E-state index contributed by atoms with van der Waals surface area (Å²) < 4.78 is 15.7. The van der Waals surface area contributed by atoms with Gasteiger partial charge in [0, 0.05) is 10.9 Å². The molecule has 9 heteroatoms. The topological polar surface area (TPSA) is 90.7 Å². The van der Waals surface area contributed by atoms with Crippen LogP contribution in [0, 0.1) is 6.92 Å². The molecule has 0 saturated heterocycles. The Bertz CT molecular complexity index is 1190. The lowest BCUT2D eigenvalue weighted by molar-refractivity contribution is 0.0473. The Morgan fingerprint density at radius 2 is 2.00 bits per heavy atom. The number of benzene rings is 1. The van der Waals surface area contributed by atoms with Gasteiger partial charge in [-0.25, -0.2) is 9.78 Å². The standard InChI is InChI=1S/C22H18N2O5S2/c1-13-10-18(24-20(25)17-4-3-9-28-17)31-19(13)22(26)29-11-15-12-30-21(23-15)14-5-7-16(27-2)8-6-14/h3-10,12H,11H2,1-2H3,(H,24,25). The molecule has 1 N–H and O–H groups in total. The van der Waals surface area contributed by atoms with Crippen molar-refractivity contribution in [3.05, 3.63) is 76.0 Å². The molecular formula is C22H18N2O5S2. The summed E-state index contributed by atoms with van der Waals surface area (Å²) in [6.07, 6.45) is 1.43. The molecule has 4 aromatic rings. The third-order valence-corrected chi connectivity index (χ3v) is 6.40. The van der Waals surface area contributed by atoms with Crippen molar-refractivity contribution in [3.63, 3.8) is 0 Å². The largest absolute Gasteiger partial charge is 0.497 e. The van der Waals surface area contributed by atoms with Crippen LogP contribution in [0.15, 0.2) is 58.5 Å². The zero-order chi connectivity index (χ0) is 21.8. The molecule has 31 heavy (non-hydrogen) atoms. The maximum atomic E-state index is 12.5. The number of aromatic nitrogens is 1. The lowest BCUT2D eigenvalue weighted by Gasteiger charge is -2.02. The van der Waals surface area contributed by atoms with Crippen LogP contribution in [0.4, 0.5) is 5.00 Å². The number of anilines is 1. The number of aryl methyl sites for hydroxylation is 1. The van der Waals surface area contributed by atoms with E-state index in [1.165, 1.54) is 17.6 Å². The highest BCUT2D eigenvalue weighted by atomic mass is 32.1. The molecule has 0 atom stereocenters. The van der Waals surface area contributed by atoms with Crippen molar-refractivity contribution < 1.29 is 23.5 Å². The maximum Gasteiger partial charge on any atom is 0.349 e. The average molecular weight is 455 g/mol. The van der Waals surface area contributed by atoms with Gasteiger partial charge in [-0.05, 0) is 55.0 Å². The lowest BCUT2D eigenvalue weighted by atomic mass is 10.2. The fourth-order valence-electron chi connectivity index (χ4n) is 2.77. The molecule has 1 aromatic carbocycles. The number of carbonyl (C=O) groups is 2. The van der Waals surface area contributed by atoms with Gasteiger partial charge in [0.2, 0.25) is 0 Å². The molecule has 0 fully saturated rings. The summed E-state index contributed by atoms with van der Waals surface area (Å²) in [7, 11) is 1.62. The molecule has 0 bridgehead atoms. The lowest BCUT2D eigenvalue weighted by Crippen LogP contribution is -2.09. The molecule has 4 rings (SSSR count). The second kappa shape index (κ2) is 9.15. The Morgan fingerprint density at radius 3 is 2.71 bits per heavy atom. The van der Waals surface area contributed by atoms with Gasteiger partial charge >= 0.3 is 5.97 Å². The number of nitrogens with one attached hydrogen (secondary N) is 1. The number of thiazole rings is 1. The van der Waals surface area contributed by atoms with E-state index >= 15 is 0 Å². The zero-order valence-corrected chi connectivity index (χ0v) is 18.3. The second-order valence-electron chi connectivity index (χ2n) is 6.50. The van der Waals surface area contributed by atoms with E-state index in [-0.39, 0.29) is 18.3 Å². The highest BCUT2D eigenvalue weighted by Gasteiger charge is 2.18. The third kappa shape index (κ3) is 4.84. The number of furan rings is 1. The minimum Gasteiger partial charge on any atom is -0.497 e. The van der Waals surface area contributed by atoms with Crippen LogP contribution in [0.3, 0.4) is 0 Å². The van der Waals surface area contributed by atoms with E-state index in [1.54, 1.807) is 32.2 Å². The predicted molar refractivity (Wildman–Crippen MR) is 119 cm³/mol. The van der Waals surface area contributed by atoms with Crippen molar-refractivity contribution in [2.45, 2.75) is 13.5 Å². The Labute approximate surface area is 186 Å². The van der Waals surface area contributed by atoms with Gasteiger partial charge in [-0.1, -0.05) is 0 Å². The number of nitrogens with zero attached hydrogens (tertiary/aromatic N) is 1. The van der Waals surface area contributed by atoms with Gasteiger partial charge in [0.05, 0.1) is 24.1 Å². The maximum absolute atomic E-state index is 12.5. The van der Waals surface area contributed by atoms with Gasteiger partial charge in [-0.2, -0.15) is 0 Å². The minimum atomic E-state index is -0.458. The van der Waals surface area contributed by atoms with E-state index in [0.717, 1.165) is 33.2 Å². The van der Waals surface area contributed by atoms with Crippen LogP contribution in [0.5, 0.6) is 5.75 Å². The van der Waals surface area contributed by atoms with Crippen LogP contribution < -0.4 is 10.1 Å². The van der Waals surface area contributed by atoms with Crippen molar-refractivity contribution in [2.75, 3.05) is 12.4 Å². The summed E-state index contributed by atoms with van der Waals surface area (Å²) >= 11 is 2.64. The van der Waals surface area contributed by atoms with E-state index in [2.05, 4.69) is 10.3 Å². The van der Waals surface area contributed by atoms with E-state index < -0.39 is 5.97 Å². The fraction of sp³-hybridized carbons (Fsp3) is 0.136. The Morgan fingerprint density at radius 1 is 1.19 bits per heavy atom. The number of amides is 1. The molecular weight excluding hydrogens is 436 g/mol. The Kier molecular flexibility index (Phi) is 6.15. The molecule has 0 saturated carbocycles. The van der Waals surface area contributed by atoms with Gasteiger partial charge < -0.3 is 19.2 Å². The molecule has 158 valence electrons. The van der Waals surface area contributed by atoms with E-state index in [1.807, 2.05) is 29.6 Å². The van der Waals surface area contributed by atoms with E-state index in [4.69, 9.17) is 13.9 Å². The summed E-state index contributed by atoms with van der Waals surface area (Å²) in [5, 5.41) is 5.97. The first-order valence-corrected chi connectivity index (χ1v) is 10.9. The molecule has 0 aliphatic heterocycles. The summed E-state index contributed by atoms with van der Waals surface area (Å²) in [4.78, 5) is 29.6. The molecule has 0 aliphatic rings. The molecule has 7 nitrogen and oxygen atoms in total. The smallest absolute Gasteiger partial charge is 0.349 e. The summed E-state index contributed by atoms with van der Waals surface area (Å²) in [6.45, 7) is 1.86. The van der Waals surface area contributed by atoms with E-state index in [9.17, 15) is 9.59 Å². The minimum absolute atomic E-state index is 0.0664. The first kappa shape index (κ1) is 20.8. The van der Waals surface area contributed by atoms with Crippen molar-refractivity contribution in [1.29, 1.82) is 0 Å². The highest BCUT2D eigenvalue weighted by molar-refractivity contribution is 7.18. The summed E-state index contributed by atoms with van der Waals surface area (Å²) in [5.74, 6) is 0.145. The number of esters is 1. The molecule has 0 unspecified atom stereocenters. The number of hydrogen-bond acceptors (Lipinski definition) is 8. The molecule has 1 amide bonds. The quantitative estimate of drug-likeness (QED) is 0.377. The van der Waals surface area contributed by atoms with Gasteiger partial charge in [-0.3, -0.25) is 4.79 Å². The fourth-order valence-corrected chi connectivity index (χ4v) is 4.54. The van der Waals surface area contributed by atoms with Crippen LogP contribution in [0.2, 0.25) is 0 Å². The molecule has 3 heterocycles. The number of hydrogen-bond donors (Lipinski definition) is 1. The first-order valence-electron chi connectivity index (χ1n) is 9.24. The van der Waals surface area contributed by atoms with Gasteiger partial charge in [0.25, 0.3) is 5.91 Å².